The number of anilines is 1. The molecule has 0 aromatic heterocycles. The molecule has 0 bridgehead atoms. The Morgan fingerprint density at radius 3 is 1.50 bits per heavy atom. The molecule has 1 aromatic carbocycles. The smallest absolute Gasteiger partial charge is 0.305 e. The van der Waals surface area contributed by atoms with Gasteiger partial charge in [-0.25, -0.2) is 0 Å². The number of carbonyl (C=O) groups excluding carboxylic acids is 1. The van der Waals surface area contributed by atoms with Crippen molar-refractivity contribution in [2.24, 2.45) is 0 Å². The highest BCUT2D eigenvalue weighted by atomic mass is 16.6. The maximum Gasteiger partial charge on any atom is 0.305 e. The SMILES string of the molecule is CCCCCCCCCC(=O)OCCOCCOCCOCCOCCOCCOCCOc1ccccc1N. The van der Waals surface area contributed by atoms with Gasteiger partial charge in [0.2, 0.25) is 0 Å². The van der Waals surface area contributed by atoms with E-state index in [1.165, 1.54) is 32.1 Å². The first-order chi connectivity index (χ1) is 19.7. The Balaban J connectivity index is 1.68. The Morgan fingerprint density at radius 2 is 1.00 bits per heavy atom. The Labute approximate surface area is 241 Å². The van der Waals surface area contributed by atoms with Gasteiger partial charge in [-0.05, 0) is 18.6 Å². The van der Waals surface area contributed by atoms with Gasteiger partial charge < -0.3 is 43.6 Å². The van der Waals surface area contributed by atoms with E-state index in [1.807, 2.05) is 18.2 Å². The molecule has 0 aliphatic carbocycles. The highest BCUT2D eigenvalue weighted by molar-refractivity contribution is 5.69. The molecule has 0 saturated carbocycles. The average Bonchev–Trinajstić information content (AvgIpc) is 2.96. The summed E-state index contributed by atoms with van der Waals surface area (Å²) in [5.74, 6) is 0.530. The molecule has 0 aliphatic heterocycles. The minimum atomic E-state index is -0.139. The predicted octanol–water partition coefficient (Wildman–Crippen LogP) is 4.43. The van der Waals surface area contributed by atoms with Crippen LogP contribution in [0.15, 0.2) is 24.3 Å². The molecule has 0 atom stereocenters. The van der Waals surface area contributed by atoms with Crippen molar-refractivity contribution in [1.82, 2.24) is 0 Å². The zero-order valence-corrected chi connectivity index (χ0v) is 24.6. The van der Waals surface area contributed by atoms with Crippen LogP contribution in [-0.2, 0) is 38.0 Å². The number of benzene rings is 1. The molecule has 0 fully saturated rings. The number of esters is 1. The topological polar surface area (TPSA) is 117 Å². The monoisotopic (exact) mass is 571 g/mol. The minimum Gasteiger partial charge on any atom is -0.489 e. The van der Waals surface area contributed by atoms with Gasteiger partial charge in [-0.1, -0.05) is 57.6 Å². The van der Waals surface area contributed by atoms with E-state index in [0.717, 1.165) is 12.8 Å². The summed E-state index contributed by atoms with van der Waals surface area (Å²) in [7, 11) is 0. The largest absolute Gasteiger partial charge is 0.489 e. The lowest BCUT2D eigenvalue weighted by Crippen LogP contribution is -2.15. The van der Waals surface area contributed by atoms with Gasteiger partial charge in [0.15, 0.2) is 0 Å². The fourth-order valence-corrected chi connectivity index (χ4v) is 3.54. The zero-order valence-electron chi connectivity index (χ0n) is 24.6. The first-order valence-electron chi connectivity index (χ1n) is 14.8. The molecule has 0 heterocycles. The Morgan fingerprint density at radius 1 is 0.575 bits per heavy atom. The number of nitrogens with two attached hydrogens (primary N) is 1. The molecule has 0 radical (unpaired) electrons. The minimum absolute atomic E-state index is 0.139. The third-order valence-electron chi connectivity index (χ3n) is 5.74. The van der Waals surface area contributed by atoms with E-state index in [0.29, 0.717) is 104 Å². The van der Waals surface area contributed by atoms with Crippen molar-refractivity contribution in [2.75, 3.05) is 98.2 Å². The first-order valence-corrected chi connectivity index (χ1v) is 14.8. The van der Waals surface area contributed by atoms with Crippen molar-refractivity contribution in [3.05, 3.63) is 24.3 Å². The molecule has 2 N–H and O–H groups in total. The molecule has 40 heavy (non-hydrogen) atoms. The van der Waals surface area contributed by atoms with Gasteiger partial charge >= 0.3 is 5.97 Å². The number of hydrogen-bond donors (Lipinski definition) is 1. The molecule has 232 valence electrons. The van der Waals surface area contributed by atoms with Crippen LogP contribution < -0.4 is 10.5 Å². The van der Waals surface area contributed by atoms with Gasteiger partial charge in [0.25, 0.3) is 0 Å². The molecule has 0 saturated heterocycles. The van der Waals surface area contributed by atoms with Crippen LogP contribution in [0.3, 0.4) is 0 Å². The lowest BCUT2D eigenvalue weighted by atomic mass is 10.1. The van der Waals surface area contributed by atoms with E-state index >= 15 is 0 Å². The second kappa shape index (κ2) is 28.6. The van der Waals surface area contributed by atoms with Crippen molar-refractivity contribution in [1.29, 1.82) is 0 Å². The summed E-state index contributed by atoms with van der Waals surface area (Å²) < 4.78 is 43.5. The van der Waals surface area contributed by atoms with Crippen LogP contribution in [0.25, 0.3) is 0 Å². The normalized spacial score (nSPS) is 11.1. The first kappa shape index (κ1) is 36.1. The molecule has 10 heteroatoms. The number of ether oxygens (including phenoxy) is 8. The molecule has 0 aliphatic rings. The van der Waals surface area contributed by atoms with Crippen molar-refractivity contribution in [3.63, 3.8) is 0 Å². The zero-order chi connectivity index (χ0) is 28.8. The molecular weight excluding hydrogens is 518 g/mol. The third-order valence-corrected chi connectivity index (χ3v) is 5.74. The second-order valence-electron chi connectivity index (χ2n) is 9.15. The molecule has 0 spiro atoms. The molecule has 1 rings (SSSR count). The maximum absolute atomic E-state index is 11.7. The van der Waals surface area contributed by atoms with Gasteiger partial charge in [0, 0.05) is 6.42 Å². The molecule has 1 aromatic rings. The quantitative estimate of drug-likeness (QED) is 0.0807. The van der Waals surface area contributed by atoms with E-state index in [2.05, 4.69) is 6.92 Å². The highest BCUT2D eigenvalue weighted by Crippen LogP contribution is 2.19. The van der Waals surface area contributed by atoms with Crippen LogP contribution in [0.4, 0.5) is 5.69 Å². The third kappa shape index (κ3) is 23.9. The summed E-state index contributed by atoms with van der Waals surface area (Å²) in [5.41, 5.74) is 6.43. The number of hydrogen-bond acceptors (Lipinski definition) is 10. The van der Waals surface area contributed by atoms with Crippen LogP contribution in [-0.4, -0.2) is 98.5 Å². The van der Waals surface area contributed by atoms with Gasteiger partial charge in [-0.2, -0.15) is 0 Å². The molecule has 10 nitrogen and oxygen atoms in total. The van der Waals surface area contributed by atoms with Crippen LogP contribution in [0.1, 0.15) is 58.3 Å². The van der Waals surface area contributed by atoms with Gasteiger partial charge in [-0.3, -0.25) is 4.79 Å². The van der Waals surface area contributed by atoms with Crippen LogP contribution >= 0.6 is 0 Å². The lowest BCUT2D eigenvalue weighted by Gasteiger charge is -2.09. The average molecular weight is 572 g/mol. The molecule has 0 unspecified atom stereocenters. The summed E-state index contributed by atoms with van der Waals surface area (Å²) in [6, 6.07) is 7.38. The summed E-state index contributed by atoms with van der Waals surface area (Å²) in [6.45, 7) is 8.71. The molecule has 0 amide bonds. The molecular formula is C30H53NO9. The van der Waals surface area contributed by atoms with E-state index < -0.39 is 0 Å². The number of unbranched alkanes of at least 4 members (excludes halogenated alkanes) is 6. The highest BCUT2D eigenvalue weighted by Gasteiger charge is 2.03. The summed E-state index contributed by atoms with van der Waals surface area (Å²) >= 11 is 0. The number of nitrogen functional groups attached to an aromatic ring is 1. The number of carbonyl (C=O) groups is 1. The van der Waals surface area contributed by atoms with E-state index in [9.17, 15) is 4.79 Å². The Bertz CT molecular complexity index is 693. The number of para-hydroxylation sites is 2. The van der Waals surface area contributed by atoms with Gasteiger partial charge in [-0.15, -0.1) is 0 Å². The van der Waals surface area contributed by atoms with Crippen molar-refractivity contribution >= 4 is 11.7 Å². The lowest BCUT2D eigenvalue weighted by molar-refractivity contribution is -0.145. The summed E-state index contributed by atoms with van der Waals surface area (Å²) in [5, 5.41) is 0. The van der Waals surface area contributed by atoms with Gasteiger partial charge in [0.1, 0.15) is 19.0 Å². The van der Waals surface area contributed by atoms with E-state index in [4.69, 9.17) is 43.6 Å². The number of rotatable bonds is 30. The standard InChI is InChI=1S/C30H53NO9/c1-2-3-4-5-6-7-8-13-30(32)40-27-25-38-23-21-36-19-17-34-15-14-33-16-18-35-20-22-37-24-26-39-29-12-10-9-11-28(29)31/h9-12H,2-8,13-27,31H2,1H3. The van der Waals surface area contributed by atoms with Crippen LogP contribution in [0.2, 0.25) is 0 Å². The predicted molar refractivity (Wildman–Crippen MR) is 155 cm³/mol. The maximum atomic E-state index is 11.7. The van der Waals surface area contributed by atoms with Crippen molar-refractivity contribution in [3.8, 4) is 5.75 Å². The van der Waals surface area contributed by atoms with Crippen LogP contribution in [0, 0.1) is 0 Å². The van der Waals surface area contributed by atoms with E-state index in [-0.39, 0.29) is 12.6 Å². The second-order valence-corrected chi connectivity index (χ2v) is 9.15. The van der Waals surface area contributed by atoms with Gasteiger partial charge in [0.05, 0.1) is 85.0 Å². The fourth-order valence-electron chi connectivity index (χ4n) is 3.54. The summed E-state index contributed by atoms with van der Waals surface area (Å²) in [4.78, 5) is 11.7. The Kier molecular flexibility index (Phi) is 25.8. The van der Waals surface area contributed by atoms with Crippen LogP contribution in [0.5, 0.6) is 5.75 Å². The van der Waals surface area contributed by atoms with Crippen molar-refractivity contribution < 1.29 is 42.7 Å². The fraction of sp³-hybridized carbons (Fsp3) is 0.767. The van der Waals surface area contributed by atoms with E-state index in [1.54, 1.807) is 6.07 Å². The summed E-state index contributed by atoms with van der Waals surface area (Å²) in [6.07, 6.45) is 8.82. The van der Waals surface area contributed by atoms with Crippen molar-refractivity contribution in [2.45, 2.75) is 58.3 Å². The Hall–Kier alpha value is -1.95.